The number of para-hydroxylation sites is 1. The van der Waals surface area contributed by atoms with Gasteiger partial charge in [-0.15, -0.1) is 12.4 Å². The standard InChI is InChI=1S/C20H29N5O.ClH/c1-15-22-19(23-26-15)14-24(2)18-7-4-11-25(12-9-18)13-17-6-3-5-16-8-10-21-20(16)17;/h3,5-6,18,21H,4,7-14H2,1-2H3;1H. The van der Waals surface area contributed by atoms with Crippen LogP contribution in [0.4, 0.5) is 5.69 Å². The highest BCUT2D eigenvalue weighted by atomic mass is 35.5. The van der Waals surface area contributed by atoms with E-state index in [2.05, 4.69) is 50.5 Å². The van der Waals surface area contributed by atoms with Crippen LogP contribution in [0, 0.1) is 6.92 Å². The van der Waals surface area contributed by atoms with Gasteiger partial charge in [0, 0.05) is 31.7 Å². The second-order valence-corrected chi connectivity index (χ2v) is 7.63. The molecule has 1 fully saturated rings. The van der Waals surface area contributed by atoms with Crippen LogP contribution in [0.2, 0.25) is 0 Å². The van der Waals surface area contributed by atoms with Crippen LogP contribution >= 0.6 is 12.4 Å². The Hall–Kier alpha value is -1.63. The first-order chi connectivity index (χ1) is 12.7. The number of benzene rings is 1. The van der Waals surface area contributed by atoms with E-state index in [1.807, 2.05) is 6.92 Å². The summed E-state index contributed by atoms with van der Waals surface area (Å²) in [5, 5.41) is 7.61. The van der Waals surface area contributed by atoms with Gasteiger partial charge in [0.25, 0.3) is 0 Å². The third-order valence-electron chi connectivity index (χ3n) is 5.70. The van der Waals surface area contributed by atoms with Gasteiger partial charge in [0.1, 0.15) is 0 Å². The Morgan fingerprint density at radius 1 is 1.30 bits per heavy atom. The van der Waals surface area contributed by atoms with E-state index in [9.17, 15) is 0 Å². The number of hydrogen-bond acceptors (Lipinski definition) is 6. The Kier molecular flexibility index (Phi) is 6.73. The molecule has 2 aliphatic rings. The van der Waals surface area contributed by atoms with Crippen molar-refractivity contribution < 1.29 is 4.52 Å². The van der Waals surface area contributed by atoms with E-state index >= 15 is 0 Å². The van der Waals surface area contributed by atoms with Crippen molar-refractivity contribution in [1.82, 2.24) is 19.9 Å². The lowest BCUT2D eigenvalue weighted by atomic mass is 10.1. The third kappa shape index (κ3) is 4.81. The van der Waals surface area contributed by atoms with E-state index in [4.69, 9.17) is 4.52 Å². The van der Waals surface area contributed by atoms with E-state index in [1.54, 1.807) is 0 Å². The van der Waals surface area contributed by atoms with Crippen molar-refractivity contribution in [2.24, 2.45) is 0 Å². The highest BCUT2D eigenvalue weighted by Crippen LogP contribution is 2.28. The quantitative estimate of drug-likeness (QED) is 0.844. The van der Waals surface area contributed by atoms with Gasteiger partial charge in [-0.3, -0.25) is 9.80 Å². The van der Waals surface area contributed by atoms with Crippen molar-refractivity contribution in [1.29, 1.82) is 0 Å². The van der Waals surface area contributed by atoms with Gasteiger partial charge in [-0.25, -0.2) is 0 Å². The van der Waals surface area contributed by atoms with E-state index < -0.39 is 0 Å². The van der Waals surface area contributed by atoms with Crippen molar-refractivity contribution >= 4 is 18.1 Å². The van der Waals surface area contributed by atoms with Gasteiger partial charge in [-0.1, -0.05) is 23.4 Å². The summed E-state index contributed by atoms with van der Waals surface area (Å²) in [6.45, 7) is 7.05. The van der Waals surface area contributed by atoms with Crippen LogP contribution in [0.3, 0.4) is 0 Å². The lowest BCUT2D eigenvalue weighted by Crippen LogP contribution is -2.33. The Morgan fingerprint density at radius 2 is 2.19 bits per heavy atom. The van der Waals surface area contributed by atoms with E-state index in [1.165, 1.54) is 42.6 Å². The molecule has 1 aromatic carbocycles. The fraction of sp³-hybridized carbons (Fsp3) is 0.600. The lowest BCUT2D eigenvalue weighted by molar-refractivity contribution is 0.200. The van der Waals surface area contributed by atoms with Crippen LogP contribution in [0.25, 0.3) is 0 Å². The molecule has 0 saturated carbocycles. The number of aryl methyl sites for hydroxylation is 1. The molecule has 4 rings (SSSR count). The summed E-state index contributed by atoms with van der Waals surface area (Å²) in [7, 11) is 2.18. The second-order valence-electron chi connectivity index (χ2n) is 7.63. The molecular weight excluding hydrogens is 362 g/mol. The highest BCUT2D eigenvalue weighted by molar-refractivity contribution is 5.85. The maximum atomic E-state index is 5.10. The fourth-order valence-corrected chi connectivity index (χ4v) is 4.28. The van der Waals surface area contributed by atoms with Gasteiger partial charge in [0.05, 0.1) is 6.54 Å². The zero-order valence-electron chi connectivity index (χ0n) is 16.3. The van der Waals surface area contributed by atoms with Gasteiger partial charge in [-0.2, -0.15) is 4.98 Å². The molecule has 2 aromatic rings. The first-order valence-corrected chi connectivity index (χ1v) is 9.75. The van der Waals surface area contributed by atoms with E-state index in [-0.39, 0.29) is 12.4 Å². The van der Waals surface area contributed by atoms with Crippen molar-refractivity contribution in [3.05, 3.63) is 41.0 Å². The largest absolute Gasteiger partial charge is 0.384 e. The molecular formula is C20H30ClN5O. The molecule has 1 atom stereocenters. The highest BCUT2D eigenvalue weighted by Gasteiger charge is 2.23. The number of nitrogens with one attached hydrogen (secondary N) is 1. The molecule has 0 radical (unpaired) electrons. The van der Waals surface area contributed by atoms with E-state index in [0.717, 1.165) is 38.4 Å². The van der Waals surface area contributed by atoms with Crippen LogP contribution in [-0.4, -0.2) is 52.7 Å². The topological polar surface area (TPSA) is 57.4 Å². The van der Waals surface area contributed by atoms with Crippen LogP contribution in [0.15, 0.2) is 22.7 Å². The lowest BCUT2D eigenvalue weighted by Gasteiger charge is -2.26. The van der Waals surface area contributed by atoms with Gasteiger partial charge < -0.3 is 9.84 Å². The Balaban J connectivity index is 0.00000210. The average molecular weight is 392 g/mol. The number of halogens is 1. The summed E-state index contributed by atoms with van der Waals surface area (Å²) in [4.78, 5) is 9.33. The zero-order chi connectivity index (χ0) is 17.9. The summed E-state index contributed by atoms with van der Waals surface area (Å²) >= 11 is 0. The average Bonchev–Trinajstić information content (AvgIpc) is 3.20. The van der Waals surface area contributed by atoms with Gasteiger partial charge in [-0.05, 0) is 56.9 Å². The number of anilines is 1. The number of rotatable bonds is 5. The van der Waals surface area contributed by atoms with Crippen LogP contribution in [-0.2, 0) is 19.5 Å². The Morgan fingerprint density at radius 3 is 3.00 bits per heavy atom. The minimum atomic E-state index is 0. The number of nitrogens with zero attached hydrogens (tertiary/aromatic N) is 4. The first-order valence-electron chi connectivity index (χ1n) is 9.75. The molecule has 1 unspecified atom stereocenters. The van der Waals surface area contributed by atoms with Gasteiger partial charge in [0.2, 0.25) is 5.89 Å². The Bertz CT molecular complexity index is 750. The molecule has 27 heavy (non-hydrogen) atoms. The minimum Gasteiger partial charge on any atom is -0.384 e. The molecule has 1 saturated heterocycles. The van der Waals surface area contributed by atoms with Crippen molar-refractivity contribution in [2.45, 2.75) is 51.7 Å². The smallest absolute Gasteiger partial charge is 0.223 e. The minimum absolute atomic E-state index is 0. The maximum absolute atomic E-state index is 5.10. The molecule has 0 spiro atoms. The third-order valence-corrected chi connectivity index (χ3v) is 5.70. The fourth-order valence-electron chi connectivity index (χ4n) is 4.28. The van der Waals surface area contributed by atoms with Gasteiger partial charge >= 0.3 is 0 Å². The number of likely N-dealkylation sites (tertiary alicyclic amines) is 1. The number of fused-ring (bicyclic) bond motifs is 1. The SMILES string of the molecule is Cc1nc(CN(C)C2CCCN(Cc3cccc4c3NCC4)CC2)no1.Cl. The summed E-state index contributed by atoms with van der Waals surface area (Å²) in [6.07, 6.45) is 4.82. The predicted molar refractivity (Wildman–Crippen MR) is 109 cm³/mol. The monoisotopic (exact) mass is 391 g/mol. The Labute approximate surface area is 167 Å². The summed E-state index contributed by atoms with van der Waals surface area (Å²) in [6, 6.07) is 7.33. The summed E-state index contributed by atoms with van der Waals surface area (Å²) < 4.78 is 5.10. The molecule has 0 bridgehead atoms. The number of aromatic nitrogens is 2. The van der Waals surface area contributed by atoms with Crippen LogP contribution in [0.5, 0.6) is 0 Å². The molecule has 7 heteroatoms. The van der Waals surface area contributed by atoms with E-state index in [0.29, 0.717) is 11.9 Å². The maximum Gasteiger partial charge on any atom is 0.223 e. The zero-order valence-corrected chi connectivity index (χ0v) is 17.1. The van der Waals surface area contributed by atoms with Crippen molar-refractivity contribution in [2.75, 3.05) is 32.0 Å². The molecule has 0 aliphatic carbocycles. The summed E-state index contributed by atoms with van der Waals surface area (Å²) in [5.41, 5.74) is 4.32. The molecule has 148 valence electrons. The van der Waals surface area contributed by atoms with Crippen LogP contribution in [0.1, 0.15) is 42.1 Å². The van der Waals surface area contributed by atoms with Crippen molar-refractivity contribution in [3.63, 3.8) is 0 Å². The molecule has 2 aliphatic heterocycles. The molecule has 1 aromatic heterocycles. The van der Waals surface area contributed by atoms with Crippen molar-refractivity contribution in [3.8, 4) is 0 Å². The first kappa shape index (κ1) is 20.1. The molecule has 1 N–H and O–H groups in total. The molecule has 3 heterocycles. The predicted octanol–water partition coefficient (Wildman–Crippen LogP) is 3.25. The summed E-state index contributed by atoms with van der Waals surface area (Å²) in [5.74, 6) is 1.43. The van der Waals surface area contributed by atoms with Gasteiger partial charge in [0.15, 0.2) is 5.82 Å². The normalized spacial score (nSPS) is 20.0. The van der Waals surface area contributed by atoms with Crippen LogP contribution < -0.4 is 5.32 Å². The molecule has 0 amide bonds. The second kappa shape index (κ2) is 9.04. The molecule has 6 nitrogen and oxygen atoms in total. The number of hydrogen-bond donors (Lipinski definition) is 1.